The van der Waals surface area contributed by atoms with E-state index in [0.717, 1.165) is 28.3 Å². The van der Waals surface area contributed by atoms with Crippen molar-refractivity contribution < 1.29 is 17.9 Å². The molecule has 1 N–H and O–H groups in total. The predicted molar refractivity (Wildman–Crippen MR) is 119 cm³/mol. The Bertz CT molecular complexity index is 1240. The van der Waals surface area contributed by atoms with Crippen LogP contribution in [0.3, 0.4) is 0 Å². The van der Waals surface area contributed by atoms with Crippen molar-refractivity contribution in [2.45, 2.75) is 38.1 Å². The van der Waals surface area contributed by atoms with Gasteiger partial charge in [0.1, 0.15) is 5.75 Å². The van der Waals surface area contributed by atoms with Crippen LogP contribution in [0.4, 0.5) is 0 Å². The van der Waals surface area contributed by atoms with Crippen molar-refractivity contribution in [1.82, 2.24) is 9.29 Å². The second-order valence-electron chi connectivity index (χ2n) is 8.01. The first kappa shape index (κ1) is 20.9. The second kappa shape index (κ2) is 7.42. The Morgan fingerprint density at radius 1 is 1.20 bits per heavy atom. The number of hydrogen-bond donors (Lipinski definition) is 1. The molecule has 1 aliphatic rings. The number of fused-ring (bicyclic) bond motifs is 1. The number of benzene rings is 2. The summed E-state index contributed by atoms with van der Waals surface area (Å²) in [4.78, 5) is 12.6. The molecule has 6 nitrogen and oxygen atoms in total. The molecule has 0 radical (unpaired) electrons. The summed E-state index contributed by atoms with van der Waals surface area (Å²) in [5, 5.41) is 3.65. The summed E-state index contributed by atoms with van der Waals surface area (Å²) in [5.74, 6) is 0.479. The zero-order valence-electron chi connectivity index (χ0n) is 17.0. The van der Waals surface area contributed by atoms with Crippen molar-refractivity contribution in [2.75, 3.05) is 7.11 Å². The minimum Gasteiger partial charge on any atom is -0.495 e. The third kappa shape index (κ3) is 3.63. The maximum atomic E-state index is 13.6. The maximum absolute atomic E-state index is 13.6. The third-order valence-corrected chi connectivity index (χ3v) is 8.04. The molecule has 30 heavy (non-hydrogen) atoms. The SMILES string of the molecule is COc1cc2c(cc1Br)cc(CNC(=O)C1(C)CC1)n2S(=O)(=O)c1ccc(C)cc1. The van der Waals surface area contributed by atoms with Crippen LogP contribution in [-0.4, -0.2) is 25.4 Å². The van der Waals surface area contributed by atoms with Crippen molar-refractivity contribution >= 4 is 42.8 Å². The van der Waals surface area contributed by atoms with Crippen LogP contribution in [0.5, 0.6) is 5.75 Å². The fourth-order valence-electron chi connectivity index (χ4n) is 3.42. The second-order valence-corrected chi connectivity index (χ2v) is 10.6. The molecular formula is C22H23BrN2O4S. The van der Waals surface area contributed by atoms with Crippen molar-refractivity contribution in [3.05, 3.63) is 58.2 Å². The summed E-state index contributed by atoms with van der Waals surface area (Å²) in [6.07, 6.45) is 1.71. The molecule has 0 aliphatic heterocycles. The summed E-state index contributed by atoms with van der Waals surface area (Å²) < 4.78 is 34.6. The molecule has 4 rings (SSSR count). The minimum atomic E-state index is -3.88. The number of nitrogens with zero attached hydrogens (tertiary/aromatic N) is 1. The van der Waals surface area contributed by atoms with Gasteiger partial charge in [-0.05, 0) is 60.0 Å². The minimum absolute atomic E-state index is 0.0502. The predicted octanol–water partition coefficient (Wildman–Crippen LogP) is 4.37. The number of aromatic nitrogens is 1. The quantitative estimate of drug-likeness (QED) is 0.556. The average molecular weight is 491 g/mol. The van der Waals surface area contributed by atoms with E-state index in [4.69, 9.17) is 4.74 Å². The van der Waals surface area contributed by atoms with E-state index in [1.54, 1.807) is 36.4 Å². The maximum Gasteiger partial charge on any atom is 0.268 e. The highest BCUT2D eigenvalue weighted by Crippen LogP contribution is 2.45. The summed E-state index contributed by atoms with van der Waals surface area (Å²) in [7, 11) is -2.35. The molecule has 0 unspecified atom stereocenters. The van der Waals surface area contributed by atoms with Crippen LogP contribution in [-0.2, 0) is 21.4 Å². The number of methoxy groups -OCH3 is 1. The highest BCUT2D eigenvalue weighted by molar-refractivity contribution is 9.10. The highest BCUT2D eigenvalue weighted by Gasteiger charge is 2.44. The summed E-state index contributed by atoms with van der Waals surface area (Å²) in [6, 6.07) is 12.0. The van der Waals surface area contributed by atoms with Gasteiger partial charge in [-0.1, -0.05) is 24.6 Å². The fraction of sp³-hybridized carbons (Fsp3) is 0.318. The zero-order valence-corrected chi connectivity index (χ0v) is 19.4. The van der Waals surface area contributed by atoms with Crippen LogP contribution in [0, 0.1) is 12.3 Å². The molecule has 1 aromatic heterocycles. The number of aryl methyl sites for hydroxylation is 1. The van der Waals surface area contributed by atoms with Crippen LogP contribution in [0.1, 0.15) is 31.0 Å². The first-order valence-electron chi connectivity index (χ1n) is 9.64. The van der Waals surface area contributed by atoms with E-state index >= 15 is 0 Å². The Hall–Kier alpha value is -2.32. The van der Waals surface area contributed by atoms with Crippen LogP contribution < -0.4 is 10.1 Å². The number of ether oxygens (including phenoxy) is 1. The van der Waals surface area contributed by atoms with Gasteiger partial charge in [0, 0.05) is 16.9 Å². The summed E-state index contributed by atoms with van der Waals surface area (Å²) >= 11 is 3.46. The Labute approximate surface area is 184 Å². The number of hydrogen-bond acceptors (Lipinski definition) is 4. The summed E-state index contributed by atoms with van der Waals surface area (Å²) in [6.45, 7) is 3.94. The van der Waals surface area contributed by atoms with E-state index < -0.39 is 10.0 Å². The lowest BCUT2D eigenvalue weighted by atomic mass is 10.1. The van der Waals surface area contributed by atoms with E-state index in [0.29, 0.717) is 17.0 Å². The van der Waals surface area contributed by atoms with Gasteiger partial charge in [-0.3, -0.25) is 4.79 Å². The van der Waals surface area contributed by atoms with Gasteiger partial charge in [0.25, 0.3) is 10.0 Å². The zero-order chi connectivity index (χ0) is 21.7. The van der Waals surface area contributed by atoms with Crippen LogP contribution in [0.2, 0.25) is 0 Å². The first-order valence-corrected chi connectivity index (χ1v) is 11.9. The number of rotatable bonds is 6. The molecule has 1 fully saturated rings. The van der Waals surface area contributed by atoms with Crippen LogP contribution in [0.15, 0.2) is 51.8 Å². The van der Waals surface area contributed by atoms with Gasteiger partial charge in [-0.2, -0.15) is 0 Å². The molecule has 0 spiro atoms. The number of carbonyl (C=O) groups excluding carboxylic acids is 1. The Balaban J connectivity index is 1.85. The number of amides is 1. The van der Waals surface area contributed by atoms with E-state index in [-0.39, 0.29) is 22.8 Å². The van der Waals surface area contributed by atoms with Crippen LogP contribution >= 0.6 is 15.9 Å². The van der Waals surface area contributed by atoms with Gasteiger partial charge in [0.05, 0.1) is 34.2 Å². The number of carbonyl (C=O) groups is 1. The van der Waals surface area contributed by atoms with Gasteiger partial charge in [-0.15, -0.1) is 0 Å². The number of halogens is 1. The summed E-state index contributed by atoms with van der Waals surface area (Å²) in [5.41, 5.74) is 1.63. The van der Waals surface area contributed by atoms with E-state index in [9.17, 15) is 13.2 Å². The van der Waals surface area contributed by atoms with E-state index in [1.807, 2.05) is 19.9 Å². The van der Waals surface area contributed by atoms with Gasteiger partial charge >= 0.3 is 0 Å². The molecule has 0 saturated heterocycles. The Morgan fingerprint density at radius 2 is 1.87 bits per heavy atom. The Kier molecular flexibility index (Phi) is 5.18. The van der Waals surface area contributed by atoms with Gasteiger partial charge in [-0.25, -0.2) is 12.4 Å². The average Bonchev–Trinajstić information content (AvgIpc) is 3.35. The molecule has 2 aromatic carbocycles. The van der Waals surface area contributed by atoms with Gasteiger partial charge in [0.15, 0.2) is 0 Å². The van der Waals surface area contributed by atoms with Gasteiger partial charge < -0.3 is 10.1 Å². The molecule has 1 heterocycles. The smallest absolute Gasteiger partial charge is 0.268 e. The lowest BCUT2D eigenvalue weighted by Crippen LogP contribution is -2.31. The van der Waals surface area contributed by atoms with E-state index in [1.165, 1.54) is 11.1 Å². The normalized spacial score (nSPS) is 15.2. The van der Waals surface area contributed by atoms with Crippen molar-refractivity contribution in [3.63, 3.8) is 0 Å². The molecule has 1 amide bonds. The molecule has 8 heteroatoms. The monoisotopic (exact) mass is 490 g/mol. The molecule has 1 saturated carbocycles. The first-order chi connectivity index (χ1) is 14.2. The molecule has 0 atom stereocenters. The molecule has 1 aliphatic carbocycles. The topological polar surface area (TPSA) is 77.4 Å². The third-order valence-electron chi connectivity index (χ3n) is 5.64. The fourth-order valence-corrected chi connectivity index (χ4v) is 5.48. The van der Waals surface area contributed by atoms with Crippen LogP contribution in [0.25, 0.3) is 10.9 Å². The highest BCUT2D eigenvalue weighted by atomic mass is 79.9. The molecule has 3 aromatic rings. The largest absolute Gasteiger partial charge is 0.495 e. The lowest BCUT2D eigenvalue weighted by Gasteiger charge is -2.15. The Morgan fingerprint density at radius 3 is 2.47 bits per heavy atom. The van der Waals surface area contributed by atoms with Crippen molar-refractivity contribution in [2.24, 2.45) is 5.41 Å². The van der Waals surface area contributed by atoms with Crippen molar-refractivity contribution in [3.8, 4) is 5.75 Å². The van der Waals surface area contributed by atoms with Gasteiger partial charge in [0.2, 0.25) is 5.91 Å². The molecular weight excluding hydrogens is 468 g/mol. The number of nitrogens with one attached hydrogen (secondary N) is 1. The lowest BCUT2D eigenvalue weighted by molar-refractivity contribution is -0.125. The molecule has 158 valence electrons. The molecule has 0 bridgehead atoms. The van der Waals surface area contributed by atoms with E-state index in [2.05, 4.69) is 21.2 Å². The van der Waals surface area contributed by atoms with Crippen molar-refractivity contribution in [1.29, 1.82) is 0 Å². The standard InChI is InChI=1S/C22H23BrN2O4S/c1-14-4-6-17(7-5-14)30(27,28)25-16(13-24-21(26)22(2)8-9-22)10-15-11-18(23)20(29-3)12-19(15)25/h4-7,10-12H,8-9,13H2,1-3H3,(H,24,26).